The summed E-state index contributed by atoms with van der Waals surface area (Å²) in [5, 5.41) is 11.0. The van der Waals surface area contributed by atoms with Crippen LogP contribution in [0.5, 0.6) is 0 Å². The zero-order valence-electron chi connectivity index (χ0n) is 10.1. The molecule has 0 radical (unpaired) electrons. The van der Waals surface area contributed by atoms with Crippen molar-refractivity contribution in [2.75, 3.05) is 0 Å². The Balaban J connectivity index is 0.00000200. The first-order chi connectivity index (χ1) is 8.91. The molecule has 0 aliphatic rings. The minimum atomic E-state index is -4.61. The van der Waals surface area contributed by atoms with Crippen molar-refractivity contribution >= 4 is 24.2 Å². The van der Waals surface area contributed by atoms with E-state index >= 15 is 0 Å². The van der Waals surface area contributed by atoms with Crippen molar-refractivity contribution in [2.24, 2.45) is 12.8 Å². The lowest BCUT2D eigenvalue weighted by molar-refractivity contribution is -0.146. The van der Waals surface area contributed by atoms with Gasteiger partial charge in [-0.05, 0) is 0 Å². The molecule has 0 fully saturated rings. The van der Waals surface area contributed by atoms with Gasteiger partial charge in [0.15, 0.2) is 5.16 Å². The third-order valence-electron chi connectivity index (χ3n) is 2.15. The van der Waals surface area contributed by atoms with E-state index in [9.17, 15) is 13.2 Å². The Bertz CT molecular complexity index is 571. The number of hydrogen-bond acceptors (Lipinski definition) is 7. The quantitative estimate of drug-likeness (QED) is 0.846. The molecule has 2 heterocycles. The van der Waals surface area contributed by atoms with Gasteiger partial charge in [-0.25, -0.2) is 0 Å². The maximum atomic E-state index is 12.2. The minimum Gasteiger partial charge on any atom is -0.338 e. The van der Waals surface area contributed by atoms with Crippen molar-refractivity contribution in [3.63, 3.8) is 0 Å². The highest BCUT2D eigenvalue weighted by Gasteiger charge is 2.37. The average Bonchev–Trinajstić information content (AvgIpc) is 2.93. The highest BCUT2D eigenvalue weighted by Crippen LogP contribution is 2.27. The number of nitrogens with zero attached hydrogens (tertiary/aromatic N) is 5. The predicted molar refractivity (Wildman–Crippen MR) is 65.0 cm³/mol. The molecule has 0 spiro atoms. The van der Waals surface area contributed by atoms with Crippen molar-refractivity contribution in [2.45, 2.75) is 23.6 Å². The SMILES string of the molecule is Cl.Cn1c(CN)nnc1SCc1nc(C(F)(F)F)no1. The summed E-state index contributed by atoms with van der Waals surface area (Å²) in [5.41, 5.74) is 5.42. The molecule has 20 heavy (non-hydrogen) atoms. The molecule has 0 saturated carbocycles. The largest absolute Gasteiger partial charge is 0.455 e. The first kappa shape index (κ1) is 16.7. The van der Waals surface area contributed by atoms with Gasteiger partial charge in [0.1, 0.15) is 5.82 Å². The molecular formula is C8H10ClF3N6OS. The van der Waals surface area contributed by atoms with Crippen LogP contribution in [0, 0.1) is 0 Å². The van der Waals surface area contributed by atoms with Crippen molar-refractivity contribution in [3.8, 4) is 0 Å². The normalized spacial score (nSPS) is 11.4. The fourth-order valence-electron chi connectivity index (χ4n) is 1.20. The number of rotatable bonds is 4. The molecule has 2 aromatic heterocycles. The van der Waals surface area contributed by atoms with Gasteiger partial charge in [0.2, 0.25) is 5.89 Å². The van der Waals surface area contributed by atoms with E-state index in [1.165, 1.54) is 0 Å². The van der Waals surface area contributed by atoms with Gasteiger partial charge >= 0.3 is 6.18 Å². The Morgan fingerprint density at radius 1 is 1.35 bits per heavy atom. The Labute approximate surface area is 121 Å². The molecule has 12 heteroatoms. The summed E-state index contributed by atoms with van der Waals surface area (Å²) in [6, 6.07) is 0. The lowest BCUT2D eigenvalue weighted by atomic mass is 10.6. The van der Waals surface area contributed by atoms with Crippen LogP contribution >= 0.6 is 24.2 Å². The summed E-state index contributed by atoms with van der Waals surface area (Å²) in [7, 11) is 1.71. The molecule has 2 aromatic rings. The second kappa shape index (κ2) is 6.41. The standard InChI is InChI=1S/C8H9F3N6OS.ClH/c1-17-4(2-12)14-15-7(17)19-3-5-13-6(16-18-5)8(9,10)11;/h2-3,12H2,1H3;1H. The summed E-state index contributed by atoms with van der Waals surface area (Å²) in [4.78, 5) is 3.25. The van der Waals surface area contributed by atoms with E-state index in [1.807, 2.05) is 0 Å². The highest BCUT2D eigenvalue weighted by molar-refractivity contribution is 7.98. The third kappa shape index (κ3) is 3.61. The molecule has 0 saturated heterocycles. The molecule has 112 valence electrons. The van der Waals surface area contributed by atoms with Crippen LogP contribution in [0.1, 0.15) is 17.5 Å². The maximum Gasteiger partial charge on any atom is 0.455 e. The van der Waals surface area contributed by atoms with Crippen molar-refractivity contribution in [1.29, 1.82) is 0 Å². The third-order valence-corrected chi connectivity index (χ3v) is 3.16. The molecule has 0 aliphatic heterocycles. The lowest BCUT2D eigenvalue weighted by Crippen LogP contribution is -2.07. The van der Waals surface area contributed by atoms with Crippen LogP contribution in [0.3, 0.4) is 0 Å². The van der Waals surface area contributed by atoms with Crippen LogP contribution in [0.15, 0.2) is 9.68 Å². The molecular weight excluding hydrogens is 321 g/mol. The van der Waals surface area contributed by atoms with Gasteiger partial charge in [-0.2, -0.15) is 18.2 Å². The first-order valence-corrected chi connectivity index (χ1v) is 6.01. The number of halogens is 4. The summed E-state index contributed by atoms with van der Waals surface area (Å²) >= 11 is 1.13. The fraction of sp³-hybridized carbons (Fsp3) is 0.500. The zero-order chi connectivity index (χ0) is 14.0. The van der Waals surface area contributed by atoms with E-state index in [-0.39, 0.29) is 30.6 Å². The monoisotopic (exact) mass is 330 g/mol. The Morgan fingerprint density at radius 3 is 2.55 bits per heavy atom. The van der Waals surface area contributed by atoms with E-state index in [1.54, 1.807) is 11.6 Å². The zero-order valence-corrected chi connectivity index (χ0v) is 11.7. The van der Waals surface area contributed by atoms with Crippen LogP contribution in [0.4, 0.5) is 13.2 Å². The molecule has 2 rings (SSSR count). The van der Waals surface area contributed by atoms with Gasteiger partial charge < -0.3 is 14.8 Å². The summed E-state index contributed by atoms with van der Waals surface area (Å²) < 4.78 is 42.9. The number of alkyl halides is 3. The molecule has 2 N–H and O–H groups in total. The van der Waals surface area contributed by atoms with E-state index in [4.69, 9.17) is 5.73 Å². The Kier molecular flexibility index (Phi) is 5.36. The second-order valence-electron chi connectivity index (χ2n) is 3.46. The predicted octanol–water partition coefficient (Wildman–Crippen LogP) is 1.39. The maximum absolute atomic E-state index is 12.2. The molecule has 7 nitrogen and oxygen atoms in total. The average molecular weight is 331 g/mol. The lowest BCUT2D eigenvalue weighted by Gasteiger charge is -1.99. The molecule has 0 aliphatic carbocycles. The number of aromatic nitrogens is 5. The van der Waals surface area contributed by atoms with Crippen molar-refractivity contribution in [1.82, 2.24) is 24.9 Å². The molecule has 0 amide bonds. The van der Waals surface area contributed by atoms with Gasteiger partial charge in [0.25, 0.3) is 5.82 Å². The summed E-state index contributed by atoms with van der Waals surface area (Å²) in [6.45, 7) is 0.225. The van der Waals surface area contributed by atoms with Gasteiger partial charge in [-0.15, -0.1) is 22.6 Å². The summed E-state index contributed by atoms with van der Waals surface area (Å²) in [5.74, 6) is -0.776. The van der Waals surface area contributed by atoms with E-state index in [2.05, 4.69) is 24.9 Å². The number of hydrogen-bond donors (Lipinski definition) is 1. The van der Waals surface area contributed by atoms with Crippen LogP contribution < -0.4 is 5.73 Å². The molecule has 0 bridgehead atoms. The number of nitrogens with two attached hydrogens (primary N) is 1. The van der Waals surface area contributed by atoms with Gasteiger partial charge in [0.05, 0.1) is 12.3 Å². The van der Waals surface area contributed by atoms with Gasteiger partial charge in [-0.1, -0.05) is 16.9 Å². The van der Waals surface area contributed by atoms with E-state index in [0.29, 0.717) is 11.0 Å². The van der Waals surface area contributed by atoms with Crippen molar-refractivity contribution < 1.29 is 17.7 Å². The smallest absolute Gasteiger partial charge is 0.338 e. The van der Waals surface area contributed by atoms with Gasteiger partial charge in [0, 0.05) is 7.05 Å². The Morgan fingerprint density at radius 2 is 2.05 bits per heavy atom. The first-order valence-electron chi connectivity index (χ1n) is 5.02. The van der Waals surface area contributed by atoms with E-state index < -0.39 is 12.0 Å². The highest BCUT2D eigenvalue weighted by atomic mass is 35.5. The van der Waals surface area contributed by atoms with Gasteiger partial charge in [-0.3, -0.25) is 0 Å². The second-order valence-corrected chi connectivity index (χ2v) is 4.40. The molecule has 0 unspecified atom stereocenters. The molecule has 0 aromatic carbocycles. The molecule has 0 atom stereocenters. The van der Waals surface area contributed by atoms with Crippen molar-refractivity contribution in [3.05, 3.63) is 17.5 Å². The number of thioether (sulfide) groups is 1. The van der Waals surface area contributed by atoms with Crippen LogP contribution in [-0.4, -0.2) is 24.9 Å². The topological polar surface area (TPSA) is 95.7 Å². The van der Waals surface area contributed by atoms with Crippen LogP contribution in [0.25, 0.3) is 0 Å². The van der Waals surface area contributed by atoms with Crippen LogP contribution in [-0.2, 0) is 25.5 Å². The summed E-state index contributed by atoms with van der Waals surface area (Å²) in [6.07, 6.45) is -4.61. The van der Waals surface area contributed by atoms with E-state index in [0.717, 1.165) is 11.8 Å². The fourth-order valence-corrected chi connectivity index (χ4v) is 1.97. The minimum absolute atomic E-state index is 0. The van der Waals surface area contributed by atoms with Crippen LogP contribution in [0.2, 0.25) is 0 Å². The Hall–Kier alpha value is -1.33.